The molecule has 0 saturated carbocycles. The van der Waals surface area contributed by atoms with E-state index in [0.29, 0.717) is 19.6 Å². The predicted molar refractivity (Wildman–Crippen MR) is 116 cm³/mol. The number of ether oxygens (including phenoxy) is 2. The summed E-state index contributed by atoms with van der Waals surface area (Å²) in [4.78, 5) is 29.4. The minimum absolute atomic E-state index is 0.0467. The van der Waals surface area contributed by atoms with E-state index in [1.165, 1.54) is 29.2 Å². The highest BCUT2D eigenvalue weighted by atomic mass is 19.4. The monoisotopic (exact) mass is 471 g/mol. The molecule has 4 atom stereocenters. The number of alkyl halides is 3. The summed E-state index contributed by atoms with van der Waals surface area (Å²) in [6.45, 7) is 8.38. The van der Waals surface area contributed by atoms with Crippen molar-refractivity contribution in [2.75, 3.05) is 26.2 Å². The molecule has 2 saturated heterocycles. The zero-order chi connectivity index (χ0) is 24.4. The molecule has 2 heterocycles. The molecule has 2 fully saturated rings. The number of rotatable bonds is 5. The third-order valence-corrected chi connectivity index (χ3v) is 5.76. The highest BCUT2D eigenvalue weighted by Gasteiger charge is 2.48. The molecule has 0 aliphatic carbocycles. The third-order valence-electron chi connectivity index (χ3n) is 5.76. The minimum atomic E-state index is -4.70. The number of hydrogen-bond acceptors (Lipinski definition) is 5. The molecule has 1 aromatic carbocycles. The zero-order valence-electron chi connectivity index (χ0n) is 19.4. The van der Waals surface area contributed by atoms with Crippen molar-refractivity contribution in [2.45, 2.75) is 70.1 Å². The SMILES string of the molecule is CCO[C@@H]1C[C@@H]2CN(C(=O)OC(C)(C)C)[C@H](C(=O)NC(c3ccccc3)C(F)(F)F)CN2C1. The standard InChI is InChI=1S/C23H32F3N3O4/c1-5-32-17-11-16-12-29(21(31)33-22(2,3)4)18(14-28(16)13-17)20(30)27-19(23(24,25)26)15-9-7-6-8-10-15/h6-10,16-19H,5,11-14H2,1-4H3,(H,27,30)/t16-,17-,18+,19?/m1/s1. The van der Waals surface area contributed by atoms with Gasteiger partial charge in [0.25, 0.3) is 0 Å². The first kappa shape index (κ1) is 25.3. The molecule has 0 bridgehead atoms. The van der Waals surface area contributed by atoms with Crippen LogP contribution in [0.2, 0.25) is 0 Å². The number of fused-ring (bicyclic) bond motifs is 1. The molecule has 0 radical (unpaired) electrons. The first-order valence-electron chi connectivity index (χ1n) is 11.2. The van der Waals surface area contributed by atoms with Gasteiger partial charge in [-0.1, -0.05) is 30.3 Å². The van der Waals surface area contributed by atoms with Gasteiger partial charge in [-0.25, -0.2) is 4.79 Å². The van der Waals surface area contributed by atoms with E-state index in [0.717, 1.165) is 0 Å². The van der Waals surface area contributed by atoms with Gasteiger partial charge in [-0.05, 0) is 39.7 Å². The fourth-order valence-electron chi connectivity index (χ4n) is 4.37. The second-order valence-electron chi connectivity index (χ2n) is 9.46. The molecule has 0 spiro atoms. The van der Waals surface area contributed by atoms with Crippen LogP contribution in [0.1, 0.15) is 45.7 Å². The lowest BCUT2D eigenvalue weighted by atomic mass is 10.0. The van der Waals surface area contributed by atoms with Crippen LogP contribution in [0.15, 0.2) is 30.3 Å². The molecule has 2 aliphatic heterocycles. The average Bonchev–Trinajstić information content (AvgIpc) is 3.11. The first-order chi connectivity index (χ1) is 15.4. The Hall–Kier alpha value is -2.33. The molecule has 2 aliphatic rings. The number of hydrogen-bond donors (Lipinski definition) is 1. The van der Waals surface area contributed by atoms with Crippen molar-refractivity contribution >= 4 is 12.0 Å². The molecule has 33 heavy (non-hydrogen) atoms. The Morgan fingerprint density at radius 1 is 1.12 bits per heavy atom. The van der Waals surface area contributed by atoms with E-state index < -0.39 is 35.9 Å². The van der Waals surface area contributed by atoms with Gasteiger partial charge in [-0.3, -0.25) is 14.6 Å². The lowest BCUT2D eigenvalue weighted by Crippen LogP contribution is -2.63. The summed E-state index contributed by atoms with van der Waals surface area (Å²) >= 11 is 0. The minimum Gasteiger partial charge on any atom is -0.444 e. The molecule has 7 nitrogen and oxygen atoms in total. The molecule has 0 aromatic heterocycles. The molecular formula is C23H32F3N3O4. The van der Waals surface area contributed by atoms with Gasteiger partial charge in [0.1, 0.15) is 11.6 Å². The Kier molecular flexibility index (Phi) is 7.58. The van der Waals surface area contributed by atoms with Crippen molar-refractivity contribution in [1.29, 1.82) is 0 Å². The van der Waals surface area contributed by atoms with Crippen molar-refractivity contribution in [2.24, 2.45) is 0 Å². The molecular weight excluding hydrogens is 439 g/mol. The van der Waals surface area contributed by atoms with Crippen molar-refractivity contribution in [1.82, 2.24) is 15.1 Å². The van der Waals surface area contributed by atoms with Crippen molar-refractivity contribution in [3.8, 4) is 0 Å². The summed E-state index contributed by atoms with van der Waals surface area (Å²) in [5.41, 5.74) is -0.884. The smallest absolute Gasteiger partial charge is 0.412 e. The van der Waals surface area contributed by atoms with E-state index in [2.05, 4.69) is 5.32 Å². The van der Waals surface area contributed by atoms with Gasteiger partial charge >= 0.3 is 12.3 Å². The second kappa shape index (κ2) is 9.89. The van der Waals surface area contributed by atoms with Crippen LogP contribution in [0.4, 0.5) is 18.0 Å². The topological polar surface area (TPSA) is 71.1 Å². The van der Waals surface area contributed by atoms with Crippen molar-refractivity contribution in [3.05, 3.63) is 35.9 Å². The van der Waals surface area contributed by atoms with E-state index in [4.69, 9.17) is 9.47 Å². The van der Waals surface area contributed by atoms with Gasteiger partial charge in [0.05, 0.1) is 6.10 Å². The Bertz CT molecular complexity index is 828. The van der Waals surface area contributed by atoms with Crippen LogP contribution >= 0.6 is 0 Å². The summed E-state index contributed by atoms with van der Waals surface area (Å²) in [7, 11) is 0. The number of halogens is 3. The summed E-state index contributed by atoms with van der Waals surface area (Å²) in [6.07, 6.45) is -4.78. The Labute approximate surface area is 192 Å². The van der Waals surface area contributed by atoms with Gasteiger partial charge in [0.2, 0.25) is 5.91 Å². The number of carbonyl (C=O) groups is 2. The molecule has 10 heteroatoms. The largest absolute Gasteiger partial charge is 0.444 e. The summed E-state index contributed by atoms with van der Waals surface area (Å²) in [5, 5.41) is 2.14. The number of piperazine rings is 1. The maximum atomic E-state index is 13.8. The first-order valence-corrected chi connectivity index (χ1v) is 11.2. The van der Waals surface area contributed by atoms with Gasteiger partial charge in [-0.15, -0.1) is 0 Å². The normalized spacial score (nSPS) is 24.8. The summed E-state index contributed by atoms with van der Waals surface area (Å²) in [5.74, 6) is -0.870. The molecule has 1 N–H and O–H groups in total. The van der Waals surface area contributed by atoms with Gasteiger partial charge in [-0.2, -0.15) is 13.2 Å². The fourth-order valence-corrected chi connectivity index (χ4v) is 4.37. The molecule has 184 valence electrons. The Morgan fingerprint density at radius 3 is 2.36 bits per heavy atom. The second-order valence-corrected chi connectivity index (χ2v) is 9.46. The van der Waals surface area contributed by atoms with E-state index in [-0.39, 0.29) is 30.8 Å². The highest BCUT2D eigenvalue weighted by Crippen LogP contribution is 2.34. The lowest BCUT2D eigenvalue weighted by molar-refractivity contribution is -0.165. The average molecular weight is 472 g/mol. The highest BCUT2D eigenvalue weighted by molar-refractivity contribution is 5.86. The fraction of sp³-hybridized carbons (Fsp3) is 0.652. The van der Waals surface area contributed by atoms with Crippen LogP contribution in [0.25, 0.3) is 0 Å². The zero-order valence-corrected chi connectivity index (χ0v) is 19.4. The summed E-state index contributed by atoms with van der Waals surface area (Å²) in [6, 6.07) is 3.84. The quantitative estimate of drug-likeness (QED) is 0.712. The predicted octanol–water partition coefficient (Wildman–Crippen LogP) is 3.50. The van der Waals surface area contributed by atoms with E-state index >= 15 is 0 Å². The van der Waals surface area contributed by atoms with Crippen LogP contribution in [-0.4, -0.2) is 78.0 Å². The molecule has 2 amide bonds. The van der Waals surface area contributed by atoms with Crippen LogP contribution < -0.4 is 5.32 Å². The number of amides is 2. The van der Waals surface area contributed by atoms with E-state index in [1.807, 2.05) is 11.8 Å². The van der Waals surface area contributed by atoms with Crippen LogP contribution in [0.5, 0.6) is 0 Å². The lowest BCUT2D eigenvalue weighted by Gasteiger charge is -2.43. The summed E-state index contributed by atoms with van der Waals surface area (Å²) < 4.78 is 52.6. The number of carbonyl (C=O) groups excluding carboxylic acids is 2. The maximum Gasteiger partial charge on any atom is 0.412 e. The molecule has 1 aromatic rings. The van der Waals surface area contributed by atoms with E-state index in [1.54, 1.807) is 26.8 Å². The van der Waals surface area contributed by atoms with Gasteiger partial charge in [0, 0.05) is 32.3 Å². The molecule has 1 unspecified atom stereocenters. The van der Waals surface area contributed by atoms with Crippen LogP contribution in [-0.2, 0) is 14.3 Å². The Balaban J connectivity index is 1.84. The van der Waals surface area contributed by atoms with Gasteiger partial charge in [0.15, 0.2) is 6.04 Å². The Morgan fingerprint density at radius 2 is 1.79 bits per heavy atom. The number of nitrogens with one attached hydrogen (secondary N) is 1. The van der Waals surface area contributed by atoms with Crippen molar-refractivity contribution < 1.29 is 32.2 Å². The van der Waals surface area contributed by atoms with E-state index in [9.17, 15) is 22.8 Å². The number of benzene rings is 1. The van der Waals surface area contributed by atoms with Crippen LogP contribution in [0, 0.1) is 0 Å². The van der Waals surface area contributed by atoms with Gasteiger partial charge < -0.3 is 14.8 Å². The molecule has 3 rings (SSSR count). The maximum absolute atomic E-state index is 13.8. The van der Waals surface area contributed by atoms with Crippen LogP contribution in [0.3, 0.4) is 0 Å². The number of nitrogens with zero attached hydrogens (tertiary/aromatic N) is 2. The third kappa shape index (κ3) is 6.38. The van der Waals surface area contributed by atoms with Crippen molar-refractivity contribution in [3.63, 3.8) is 0 Å².